The Morgan fingerprint density at radius 2 is 2.07 bits per heavy atom. The zero-order chi connectivity index (χ0) is 11.0. The highest BCUT2D eigenvalue weighted by molar-refractivity contribution is 5.81. The Morgan fingerprint density at radius 3 is 2.50 bits per heavy atom. The highest BCUT2D eigenvalue weighted by Gasteiger charge is 2.12. The van der Waals surface area contributed by atoms with E-state index in [4.69, 9.17) is 10.8 Å². The quantitative estimate of drug-likeness (QED) is 0.554. The van der Waals surface area contributed by atoms with Crippen LogP contribution in [0.4, 0.5) is 0 Å². The Bertz CT molecular complexity index is 162. The first-order valence-electron chi connectivity index (χ1n) is 5.29. The fraction of sp³-hybridized carbons (Fsp3) is 0.900. The van der Waals surface area contributed by atoms with Crippen LogP contribution < -0.4 is 11.1 Å². The molecule has 0 spiro atoms. The average Bonchev–Trinajstić information content (AvgIpc) is 2.22. The summed E-state index contributed by atoms with van der Waals surface area (Å²) in [5.41, 5.74) is 5.56. The fourth-order valence-electron chi connectivity index (χ4n) is 1.19. The summed E-state index contributed by atoms with van der Waals surface area (Å²) in [5.74, 6) is 0.261. The predicted octanol–water partition coefficient (Wildman–Crippen LogP) is 0.248. The van der Waals surface area contributed by atoms with E-state index in [2.05, 4.69) is 5.32 Å². The maximum Gasteiger partial charge on any atom is 0.236 e. The lowest BCUT2D eigenvalue weighted by molar-refractivity contribution is -0.122. The molecule has 1 unspecified atom stereocenters. The summed E-state index contributed by atoms with van der Waals surface area (Å²) in [4.78, 5) is 11.3. The van der Waals surface area contributed by atoms with E-state index >= 15 is 0 Å². The lowest BCUT2D eigenvalue weighted by Crippen LogP contribution is -2.42. The molecule has 84 valence electrons. The minimum absolute atomic E-state index is 0.0936. The van der Waals surface area contributed by atoms with Crippen LogP contribution in [-0.2, 0) is 4.79 Å². The van der Waals surface area contributed by atoms with Gasteiger partial charge in [-0.1, -0.05) is 20.3 Å². The van der Waals surface area contributed by atoms with Crippen molar-refractivity contribution in [3.8, 4) is 0 Å². The molecule has 0 radical (unpaired) electrons. The van der Waals surface area contributed by atoms with Crippen molar-refractivity contribution in [2.24, 2.45) is 11.7 Å². The van der Waals surface area contributed by atoms with Gasteiger partial charge in [0, 0.05) is 13.2 Å². The van der Waals surface area contributed by atoms with Crippen LogP contribution in [0.5, 0.6) is 0 Å². The molecule has 0 aromatic carbocycles. The number of hydrogen-bond donors (Lipinski definition) is 3. The van der Waals surface area contributed by atoms with Crippen LogP contribution in [0.1, 0.15) is 33.1 Å². The van der Waals surface area contributed by atoms with Gasteiger partial charge in [-0.3, -0.25) is 4.79 Å². The molecule has 4 N–H and O–H groups in total. The van der Waals surface area contributed by atoms with E-state index in [0.717, 1.165) is 12.8 Å². The normalized spacial score (nSPS) is 14.9. The molecule has 0 aromatic heterocycles. The minimum atomic E-state index is -0.401. The summed E-state index contributed by atoms with van der Waals surface area (Å²) in [6, 6.07) is -0.401. The first kappa shape index (κ1) is 13.4. The van der Waals surface area contributed by atoms with Crippen molar-refractivity contribution in [2.75, 3.05) is 13.2 Å². The van der Waals surface area contributed by atoms with Gasteiger partial charge in [-0.05, 0) is 18.8 Å². The van der Waals surface area contributed by atoms with Crippen LogP contribution in [0.3, 0.4) is 0 Å². The second kappa shape index (κ2) is 7.76. The molecular formula is C10H22N2O2. The minimum Gasteiger partial charge on any atom is -0.396 e. The smallest absolute Gasteiger partial charge is 0.236 e. The van der Waals surface area contributed by atoms with Gasteiger partial charge in [-0.2, -0.15) is 0 Å². The molecule has 1 amide bonds. The molecule has 0 bridgehead atoms. The van der Waals surface area contributed by atoms with Gasteiger partial charge in [0.25, 0.3) is 0 Å². The van der Waals surface area contributed by atoms with Gasteiger partial charge in [-0.25, -0.2) is 0 Å². The number of nitrogens with two attached hydrogens (primary N) is 1. The van der Waals surface area contributed by atoms with Crippen LogP contribution in [0.2, 0.25) is 0 Å². The summed E-state index contributed by atoms with van der Waals surface area (Å²) in [6.07, 6.45) is 2.35. The molecule has 0 fully saturated rings. The third kappa shape index (κ3) is 5.19. The van der Waals surface area contributed by atoms with E-state index < -0.39 is 6.04 Å². The maximum atomic E-state index is 11.3. The van der Waals surface area contributed by atoms with Gasteiger partial charge in [0.05, 0.1) is 6.04 Å². The molecule has 0 heterocycles. The van der Waals surface area contributed by atoms with Crippen molar-refractivity contribution in [3.63, 3.8) is 0 Å². The van der Waals surface area contributed by atoms with E-state index in [1.165, 1.54) is 0 Å². The van der Waals surface area contributed by atoms with Crippen LogP contribution >= 0.6 is 0 Å². The molecule has 4 heteroatoms. The van der Waals surface area contributed by atoms with Crippen LogP contribution in [0.15, 0.2) is 0 Å². The van der Waals surface area contributed by atoms with Crippen molar-refractivity contribution < 1.29 is 9.90 Å². The average molecular weight is 202 g/mol. The highest BCUT2D eigenvalue weighted by atomic mass is 16.3. The molecule has 0 rings (SSSR count). The third-order valence-corrected chi connectivity index (χ3v) is 2.46. The fourth-order valence-corrected chi connectivity index (χ4v) is 1.19. The number of rotatable bonds is 7. The number of hydrogen-bond acceptors (Lipinski definition) is 3. The standard InChI is InChI=1S/C10H22N2O2/c1-3-8(5-6-13)7-12-10(14)9(11)4-2/h8-9,13H,3-7,11H2,1-2H3,(H,12,14)/t8?,9-/m1/s1. The molecule has 0 aliphatic rings. The topological polar surface area (TPSA) is 75.3 Å². The highest BCUT2D eigenvalue weighted by Crippen LogP contribution is 2.05. The monoisotopic (exact) mass is 202 g/mol. The molecule has 2 atom stereocenters. The first-order chi connectivity index (χ1) is 6.65. The lowest BCUT2D eigenvalue weighted by Gasteiger charge is -2.16. The number of carbonyl (C=O) groups is 1. The van der Waals surface area contributed by atoms with E-state index in [1.807, 2.05) is 13.8 Å². The van der Waals surface area contributed by atoms with Crippen molar-refractivity contribution in [1.29, 1.82) is 0 Å². The largest absolute Gasteiger partial charge is 0.396 e. The number of aliphatic hydroxyl groups excluding tert-OH is 1. The van der Waals surface area contributed by atoms with E-state index in [0.29, 0.717) is 18.9 Å². The summed E-state index contributed by atoms with van der Waals surface area (Å²) >= 11 is 0. The Morgan fingerprint density at radius 1 is 1.43 bits per heavy atom. The molecule has 0 aromatic rings. The molecule has 14 heavy (non-hydrogen) atoms. The van der Waals surface area contributed by atoms with Gasteiger partial charge >= 0.3 is 0 Å². The third-order valence-electron chi connectivity index (χ3n) is 2.46. The van der Waals surface area contributed by atoms with Gasteiger partial charge in [-0.15, -0.1) is 0 Å². The van der Waals surface area contributed by atoms with Crippen LogP contribution in [0, 0.1) is 5.92 Å². The Hall–Kier alpha value is -0.610. The summed E-state index contributed by atoms with van der Waals surface area (Å²) in [6.45, 7) is 4.72. The van der Waals surface area contributed by atoms with E-state index in [1.54, 1.807) is 0 Å². The van der Waals surface area contributed by atoms with Gasteiger partial charge < -0.3 is 16.2 Å². The van der Waals surface area contributed by atoms with E-state index in [9.17, 15) is 4.79 Å². The molecule has 0 saturated carbocycles. The SMILES string of the molecule is CCC(CCO)CNC(=O)[C@H](N)CC. The summed E-state index contributed by atoms with van der Waals surface area (Å²) in [7, 11) is 0. The van der Waals surface area contributed by atoms with Crippen molar-refractivity contribution in [2.45, 2.75) is 39.2 Å². The summed E-state index contributed by atoms with van der Waals surface area (Å²) < 4.78 is 0. The zero-order valence-corrected chi connectivity index (χ0v) is 9.12. The zero-order valence-electron chi connectivity index (χ0n) is 9.12. The lowest BCUT2D eigenvalue weighted by atomic mass is 10.0. The first-order valence-corrected chi connectivity index (χ1v) is 5.29. The van der Waals surface area contributed by atoms with Gasteiger partial charge in [0.2, 0.25) is 5.91 Å². The van der Waals surface area contributed by atoms with Gasteiger partial charge in [0.15, 0.2) is 0 Å². The maximum absolute atomic E-state index is 11.3. The Labute approximate surface area is 85.9 Å². The number of nitrogens with one attached hydrogen (secondary N) is 1. The second-order valence-electron chi connectivity index (χ2n) is 3.55. The Kier molecular flexibility index (Phi) is 7.42. The molecule has 0 aliphatic carbocycles. The number of carbonyl (C=O) groups excluding carboxylic acids is 1. The van der Waals surface area contributed by atoms with Crippen LogP contribution in [-0.4, -0.2) is 30.2 Å². The molecule has 4 nitrogen and oxygen atoms in total. The second-order valence-corrected chi connectivity index (χ2v) is 3.55. The van der Waals surface area contributed by atoms with Gasteiger partial charge in [0.1, 0.15) is 0 Å². The van der Waals surface area contributed by atoms with Crippen LogP contribution in [0.25, 0.3) is 0 Å². The molecule has 0 saturated heterocycles. The molecular weight excluding hydrogens is 180 g/mol. The van der Waals surface area contributed by atoms with Crippen molar-refractivity contribution in [3.05, 3.63) is 0 Å². The predicted molar refractivity (Wildman–Crippen MR) is 56.8 cm³/mol. The van der Waals surface area contributed by atoms with Crippen molar-refractivity contribution >= 4 is 5.91 Å². The van der Waals surface area contributed by atoms with E-state index in [-0.39, 0.29) is 12.5 Å². The Balaban J connectivity index is 3.73. The number of amides is 1. The van der Waals surface area contributed by atoms with Crippen molar-refractivity contribution in [1.82, 2.24) is 5.32 Å². The number of aliphatic hydroxyl groups is 1. The molecule has 0 aliphatic heterocycles. The summed E-state index contributed by atoms with van der Waals surface area (Å²) in [5, 5.41) is 11.5.